The highest BCUT2D eigenvalue weighted by atomic mass is 16.5. The Kier molecular flexibility index (Phi) is 27.0. The SMILES string of the molecule is CCCCCCCCCCCCCCCC(CCCCCCCCCC)OCC(O)CO. The van der Waals surface area contributed by atoms with Crippen molar-refractivity contribution in [2.24, 2.45) is 0 Å². The van der Waals surface area contributed by atoms with Gasteiger partial charge in [-0.1, -0.05) is 149 Å². The summed E-state index contributed by atoms with van der Waals surface area (Å²) in [6, 6.07) is 0. The first kappa shape index (κ1) is 31.9. The van der Waals surface area contributed by atoms with Gasteiger partial charge in [0, 0.05) is 0 Å². The third-order valence-corrected chi connectivity index (χ3v) is 6.74. The molecule has 0 spiro atoms. The summed E-state index contributed by atoms with van der Waals surface area (Å²) in [6.45, 7) is 4.62. The lowest BCUT2D eigenvalue weighted by Crippen LogP contribution is -2.24. The number of aliphatic hydroxyl groups is 2. The molecule has 0 aliphatic carbocycles. The number of aliphatic hydroxyl groups excluding tert-OH is 2. The van der Waals surface area contributed by atoms with E-state index in [4.69, 9.17) is 9.84 Å². The van der Waals surface area contributed by atoms with Crippen LogP contribution in [0.2, 0.25) is 0 Å². The second kappa shape index (κ2) is 27.1. The minimum Gasteiger partial charge on any atom is -0.394 e. The van der Waals surface area contributed by atoms with Crippen LogP contribution in [0.4, 0.5) is 0 Å². The van der Waals surface area contributed by atoms with E-state index >= 15 is 0 Å². The molecular formula is C29H60O3. The van der Waals surface area contributed by atoms with Gasteiger partial charge >= 0.3 is 0 Å². The molecule has 0 bridgehead atoms. The molecule has 194 valence electrons. The van der Waals surface area contributed by atoms with E-state index in [9.17, 15) is 5.11 Å². The van der Waals surface area contributed by atoms with Crippen LogP contribution in [-0.4, -0.2) is 35.6 Å². The van der Waals surface area contributed by atoms with Gasteiger partial charge in [0.25, 0.3) is 0 Å². The quantitative estimate of drug-likeness (QED) is 0.121. The topological polar surface area (TPSA) is 49.7 Å². The minimum absolute atomic E-state index is 0.205. The van der Waals surface area contributed by atoms with E-state index in [1.165, 1.54) is 135 Å². The Balaban J connectivity index is 3.68. The Hall–Kier alpha value is -0.120. The first-order valence-electron chi connectivity index (χ1n) is 14.6. The summed E-state index contributed by atoms with van der Waals surface area (Å²) < 4.78 is 5.95. The molecule has 2 unspecified atom stereocenters. The number of ether oxygens (including phenoxy) is 1. The van der Waals surface area contributed by atoms with Gasteiger partial charge in [0.15, 0.2) is 0 Å². The normalized spacial score (nSPS) is 13.5. The van der Waals surface area contributed by atoms with E-state index < -0.39 is 6.10 Å². The molecule has 0 saturated heterocycles. The molecule has 0 rings (SSSR count). The second-order valence-corrected chi connectivity index (χ2v) is 10.1. The molecule has 0 radical (unpaired) electrons. The molecular weight excluding hydrogens is 396 g/mol. The van der Waals surface area contributed by atoms with Crippen molar-refractivity contribution in [2.45, 2.75) is 174 Å². The molecule has 0 aliphatic rings. The maximum Gasteiger partial charge on any atom is 0.100 e. The molecule has 0 aromatic heterocycles. The highest BCUT2D eigenvalue weighted by Crippen LogP contribution is 2.18. The largest absolute Gasteiger partial charge is 0.394 e. The van der Waals surface area contributed by atoms with Crippen LogP contribution in [0.5, 0.6) is 0 Å². The Bertz CT molecular complexity index is 334. The Morgan fingerprint density at radius 2 is 0.812 bits per heavy atom. The zero-order valence-corrected chi connectivity index (χ0v) is 22.1. The summed E-state index contributed by atoms with van der Waals surface area (Å²) in [5, 5.41) is 18.7. The standard InChI is InChI=1S/C29H60O3/c1-3-5-7-9-11-13-14-15-16-17-19-21-23-25-29(32-27-28(31)26-30)24-22-20-18-12-10-8-6-4-2/h28-31H,3-27H2,1-2H3. The lowest BCUT2D eigenvalue weighted by atomic mass is 10.0. The van der Waals surface area contributed by atoms with Crippen molar-refractivity contribution in [2.75, 3.05) is 13.2 Å². The maximum absolute atomic E-state index is 9.63. The van der Waals surface area contributed by atoms with E-state index in [0.717, 1.165) is 12.8 Å². The fourth-order valence-electron chi connectivity index (χ4n) is 4.51. The van der Waals surface area contributed by atoms with Gasteiger partial charge in [-0.2, -0.15) is 0 Å². The van der Waals surface area contributed by atoms with Crippen molar-refractivity contribution in [3.8, 4) is 0 Å². The molecule has 3 nitrogen and oxygen atoms in total. The van der Waals surface area contributed by atoms with Gasteiger partial charge in [-0.15, -0.1) is 0 Å². The third kappa shape index (κ3) is 24.5. The Morgan fingerprint density at radius 3 is 1.12 bits per heavy atom. The molecule has 0 aliphatic heterocycles. The molecule has 0 saturated carbocycles. The van der Waals surface area contributed by atoms with Gasteiger partial charge in [-0.05, 0) is 12.8 Å². The lowest BCUT2D eigenvalue weighted by molar-refractivity contribution is -0.0350. The van der Waals surface area contributed by atoms with E-state index in [1.807, 2.05) is 0 Å². The molecule has 3 heteroatoms. The predicted octanol–water partition coefficient (Wildman–Crippen LogP) is 8.74. The number of hydrogen-bond donors (Lipinski definition) is 2. The van der Waals surface area contributed by atoms with Gasteiger partial charge in [0.05, 0.1) is 19.3 Å². The zero-order valence-electron chi connectivity index (χ0n) is 22.1. The fourth-order valence-corrected chi connectivity index (χ4v) is 4.51. The smallest absolute Gasteiger partial charge is 0.100 e. The van der Waals surface area contributed by atoms with Crippen LogP contribution < -0.4 is 0 Å². The van der Waals surface area contributed by atoms with Gasteiger partial charge in [0.1, 0.15) is 6.10 Å². The highest BCUT2D eigenvalue weighted by molar-refractivity contribution is 4.62. The first-order valence-corrected chi connectivity index (χ1v) is 14.6. The average Bonchev–Trinajstić information content (AvgIpc) is 2.81. The maximum atomic E-state index is 9.63. The molecule has 32 heavy (non-hydrogen) atoms. The summed E-state index contributed by atoms with van der Waals surface area (Å²) >= 11 is 0. The summed E-state index contributed by atoms with van der Waals surface area (Å²) in [7, 11) is 0. The number of unbranched alkanes of at least 4 members (excludes halogenated alkanes) is 19. The van der Waals surface area contributed by atoms with Gasteiger partial charge in [0.2, 0.25) is 0 Å². The molecule has 0 heterocycles. The Morgan fingerprint density at radius 1 is 0.500 bits per heavy atom. The molecule has 0 fully saturated rings. The summed E-state index contributed by atoms with van der Waals surface area (Å²) in [5.41, 5.74) is 0. The zero-order chi connectivity index (χ0) is 23.5. The lowest BCUT2D eigenvalue weighted by Gasteiger charge is -2.19. The van der Waals surface area contributed by atoms with Crippen molar-refractivity contribution in [1.82, 2.24) is 0 Å². The number of rotatable bonds is 27. The Labute approximate surface area is 202 Å². The van der Waals surface area contributed by atoms with Crippen LogP contribution in [0.1, 0.15) is 162 Å². The molecule has 0 aromatic carbocycles. The predicted molar refractivity (Wildman–Crippen MR) is 140 cm³/mol. The third-order valence-electron chi connectivity index (χ3n) is 6.74. The van der Waals surface area contributed by atoms with E-state index in [1.54, 1.807) is 0 Å². The van der Waals surface area contributed by atoms with Gasteiger partial charge in [-0.25, -0.2) is 0 Å². The van der Waals surface area contributed by atoms with Crippen LogP contribution in [0, 0.1) is 0 Å². The van der Waals surface area contributed by atoms with Crippen molar-refractivity contribution >= 4 is 0 Å². The molecule has 0 aromatic rings. The first-order chi connectivity index (χ1) is 15.7. The van der Waals surface area contributed by atoms with Crippen LogP contribution in [0.15, 0.2) is 0 Å². The van der Waals surface area contributed by atoms with E-state index in [2.05, 4.69) is 13.8 Å². The molecule has 0 amide bonds. The van der Waals surface area contributed by atoms with Crippen LogP contribution in [-0.2, 0) is 4.74 Å². The van der Waals surface area contributed by atoms with Crippen LogP contribution >= 0.6 is 0 Å². The number of hydrogen-bond acceptors (Lipinski definition) is 3. The van der Waals surface area contributed by atoms with Crippen molar-refractivity contribution in [3.05, 3.63) is 0 Å². The van der Waals surface area contributed by atoms with Crippen LogP contribution in [0.25, 0.3) is 0 Å². The minimum atomic E-state index is -0.734. The molecule has 2 atom stereocenters. The monoisotopic (exact) mass is 456 g/mol. The van der Waals surface area contributed by atoms with Crippen molar-refractivity contribution in [3.63, 3.8) is 0 Å². The van der Waals surface area contributed by atoms with Crippen LogP contribution in [0.3, 0.4) is 0 Å². The van der Waals surface area contributed by atoms with E-state index in [-0.39, 0.29) is 19.3 Å². The summed E-state index contributed by atoms with van der Waals surface area (Å²) in [5.74, 6) is 0. The van der Waals surface area contributed by atoms with Gasteiger partial charge < -0.3 is 14.9 Å². The van der Waals surface area contributed by atoms with Crippen molar-refractivity contribution < 1.29 is 14.9 Å². The summed E-state index contributed by atoms with van der Waals surface area (Å²) in [4.78, 5) is 0. The van der Waals surface area contributed by atoms with E-state index in [0.29, 0.717) is 0 Å². The van der Waals surface area contributed by atoms with Crippen molar-refractivity contribution in [1.29, 1.82) is 0 Å². The summed E-state index contributed by atoms with van der Waals surface area (Å²) in [6.07, 6.45) is 30.4. The fraction of sp³-hybridized carbons (Fsp3) is 1.00. The molecule has 2 N–H and O–H groups in total. The van der Waals surface area contributed by atoms with Gasteiger partial charge in [-0.3, -0.25) is 0 Å². The second-order valence-electron chi connectivity index (χ2n) is 10.1. The highest BCUT2D eigenvalue weighted by Gasteiger charge is 2.12. The average molecular weight is 457 g/mol.